The molecule has 0 aromatic heterocycles. The second kappa shape index (κ2) is 8.78. The van der Waals surface area contributed by atoms with Crippen molar-refractivity contribution in [2.75, 3.05) is 12.1 Å². The Bertz CT molecular complexity index is 599. The molecule has 24 heavy (non-hydrogen) atoms. The number of nitrogens with zero attached hydrogens (tertiary/aromatic N) is 2. The summed E-state index contributed by atoms with van der Waals surface area (Å²) >= 11 is 3.42. The molecule has 1 heterocycles. The summed E-state index contributed by atoms with van der Waals surface area (Å²) in [5.74, 6) is 0. The number of carbonyl (C=O) groups is 1. The zero-order valence-corrected chi connectivity index (χ0v) is 17.7. The molecule has 1 amide bonds. The number of oxime groups is 1. The van der Waals surface area contributed by atoms with Crippen LogP contribution < -0.4 is 0 Å². The minimum absolute atomic E-state index is 0.143. The molecule has 1 aliphatic heterocycles. The fourth-order valence-electron chi connectivity index (χ4n) is 1.77. The molecule has 0 spiro atoms. The van der Waals surface area contributed by atoms with Crippen LogP contribution in [0.1, 0.15) is 33.3 Å². The van der Waals surface area contributed by atoms with Gasteiger partial charge >= 0.3 is 6.09 Å². The van der Waals surface area contributed by atoms with E-state index in [1.807, 2.05) is 0 Å². The van der Waals surface area contributed by atoms with Gasteiger partial charge in [-0.15, -0.1) is 11.8 Å². The van der Waals surface area contributed by atoms with Crippen LogP contribution in [-0.2, 0) is 10.3 Å². The number of thioether (sulfide) groups is 2. The van der Waals surface area contributed by atoms with E-state index in [4.69, 9.17) is 4.84 Å². The third-order valence-corrected chi connectivity index (χ3v) is 8.30. The van der Waals surface area contributed by atoms with Crippen molar-refractivity contribution in [1.29, 1.82) is 0 Å². The maximum atomic E-state index is 12.0. The standard InChI is InChI=1S/C16H22N2O2S4/c1-11-14(22-10-21-11)17-20-15(19)18(5)24-23-13-8-6-12(7-9-13)16(2,3)4/h6-9,11H,10H2,1-5H3. The first-order valence-electron chi connectivity index (χ1n) is 7.49. The van der Waals surface area contributed by atoms with Crippen LogP contribution in [0.2, 0.25) is 0 Å². The maximum Gasteiger partial charge on any atom is 0.446 e. The fraction of sp³-hybridized carbons (Fsp3) is 0.500. The second-order valence-corrected chi connectivity index (χ2v) is 11.3. The average Bonchev–Trinajstić information content (AvgIpc) is 2.95. The van der Waals surface area contributed by atoms with Crippen LogP contribution in [-0.4, -0.2) is 32.8 Å². The van der Waals surface area contributed by atoms with Gasteiger partial charge in [0.15, 0.2) is 0 Å². The SMILES string of the molecule is CC1SCSC1=NOC(=O)N(C)SSc1ccc(C(C)(C)C)cc1. The van der Waals surface area contributed by atoms with Crippen molar-refractivity contribution >= 4 is 56.4 Å². The van der Waals surface area contributed by atoms with Gasteiger partial charge < -0.3 is 0 Å². The highest BCUT2D eigenvalue weighted by molar-refractivity contribution is 8.75. The summed E-state index contributed by atoms with van der Waals surface area (Å²) in [6, 6.07) is 8.41. The largest absolute Gasteiger partial charge is 0.446 e. The molecule has 0 aliphatic carbocycles. The normalized spacial score (nSPS) is 19.5. The van der Waals surface area contributed by atoms with Crippen LogP contribution >= 0.6 is 45.3 Å². The van der Waals surface area contributed by atoms with Gasteiger partial charge in [-0.1, -0.05) is 49.8 Å². The van der Waals surface area contributed by atoms with E-state index >= 15 is 0 Å². The van der Waals surface area contributed by atoms with E-state index in [0.29, 0.717) is 5.25 Å². The molecule has 0 radical (unpaired) electrons. The molecule has 1 aliphatic rings. The molecule has 1 saturated heterocycles. The van der Waals surface area contributed by atoms with E-state index < -0.39 is 6.09 Å². The van der Waals surface area contributed by atoms with Gasteiger partial charge in [-0.25, -0.2) is 9.10 Å². The Morgan fingerprint density at radius 3 is 2.54 bits per heavy atom. The first-order valence-corrected chi connectivity index (χ1v) is 11.6. The molecule has 1 fully saturated rings. The van der Waals surface area contributed by atoms with E-state index in [1.54, 1.807) is 30.6 Å². The molecule has 1 aromatic rings. The van der Waals surface area contributed by atoms with E-state index in [2.05, 4.69) is 57.1 Å². The monoisotopic (exact) mass is 402 g/mol. The third kappa shape index (κ3) is 5.82. The van der Waals surface area contributed by atoms with E-state index in [1.165, 1.54) is 31.6 Å². The van der Waals surface area contributed by atoms with Gasteiger partial charge in [0.2, 0.25) is 0 Å². The molecular weight excluding hydrogens is 380 g/mol. The van der Waals surface area contributed by atoms with Gasteiger partial charge in [-0.3, -0.25) is 4.84 Å². The number of rotatable bonds is 4. The molecular formula is C16H22N2O2S4. The summed E-state index contributed by atoms with van der Waals surface area (Å²) in [6.07, 6.45) is -0.462. The molecule has 132 valence electrons. The molecule has 0 bridgehead atoms. The Morgan fingerprint density at radius 1 is 1.33 bits per heavy atom. The lowest BCUT2D eigenvalue weighted by molar-refractivity contribution is 0.137. The van der Waals surface area contributed by atoms with Crippen LogP contribution in [0.5, 0.6) is 0 Å². The van der Waals surface area contributed by atoms with E-state index in [0.717, 1.165) is 15.0 Å². The highest BCUT2D eigenvalue weighted by Gasteiger charge is 2.21. The van der Waals surface area contributed by atoms with Crippen molar-refractivity contribution < 1.29 is 9.63 Å². The summed E-state index contributed by atoms with van der Waals surface area (Å²) in [5.41, 5.74) is 1.44. The van der Waals surface area contributed by atoms with Crippen LogP contribution in [0.3, 0.4) is 0 Å². The lowest BCUT2D eigenvalue weighted by Gasteiger charge is -2.19. The van der Waals surface area contributed by atoms with Crippen molar-refractivity contribution in [2.45, 2.75) is 43.3 Å². The van der Waals surface area contributed by atoms with E-state index in [-0.39, 0.29) is 5.41 Å². The second-order valence-electron chi connectivity index (χ2n) is 6.29. The Labute approximate surface area is 160 Å². The van der Waals surface area contributed by atoms with Crippen molar-refractivity contribution in [3.63, 3.8) is 0 Å². The quantitative estimate of drug-likeness (QED) is 0.272. The number of carbonyl (C=O) groups excluding carboxylic acids is 1. The minimum atomic E-state index is -0.462. The Kier molecular flexibility index (Phi) is 7.27. The summed E-state index contributed by atoms with van der Waals surface area (Å²) in [4.78, 5) is 18.1. The molecule has 1 unspecified atom stereocenters. The summed E-state index contributed by atoms with van der Waals surface area (Å²) in [6.45, 7) is 8.64. The number of hydrogen-bond acceptors (Lipinski definition) is 7. The van der Waals surface area contributed by atoms with Crippen LogP contribution in [0, 0.1) is 0 Å². The highest BCUT2D eigenvalue weighted by Crippen LogP contribution is 2.35. The average molecular weight is 403 g/mol. The first-order chi connectivity index (χ1) is 11.3. The summed E-state index contributed by atoms with van der Waals surface area (Å²) in [5, 5.41) is 6.10. The lowest BCUT2D eigenvalue weighted by Crippen LogP contribution is -2.18. The first kappa shape index (κ1) is 19.9. The van der Waals surface area contributed by atoms with Crippen LogP contribution in [0.4, 0.5) is 4.79 Å². The molecule has 1 aromatic carbocycles. The Balaban J connectivity index is 1.81. The topological polar surface area (TPSA) is 41.9 Å². The third-order valence-electron chi connectivity index (χ3n) is 3.31. The predicted octanol–water partition coefficient (Wildman–Crippen LogP) is 5.85. The molecule has 8 heteroatoms. The number of hydrogen-bond donors (Lipinski definition) is 0. The molecule has 0 N–H and O–H groups in total. The predicted molar refractivity (Wildman–Crippen MR) is 110 cm³/mol. The van der Waals surface area contributed by atoms with Crippen molar-refractivity contribution in [3.8, 4) is 0 Å². The summed E-state index contributed by atoms with van der Waals surface area (Å²) < 4.78 is 1.45. The highest BCUT2D eigenvalue weighted by atomic mass is 33.1. The van der Waals surface area contributed by atoms with Crippen LogP contribution in [0.15, 0.2) is 34.3 Å². The zero-order valence-electron chi connectivity index (χ0n) is 14.4. The maximum absolute atomic E-state index is 12.0. The van der Waals surface area contributed by atoms with Gasteiger partial charge in [0, 0.05) is 28.0 Å². The zero-order chi connectivity index (χ0) is 17.7. The lowest BCUT2D eigenvalue weighted by atomic mass is 9.87. The number of amides is 1. The fourth-order valence-corrected chi connectivity index (χ4v) is 5.91. The minimum Gasteiger partial charge on any atom is -0.296 e. The van der Waals surface area contributed by atoms with Gasteiger partial charge in [-0.2, -0.15) is 0 Å². The molecule has 4 nitrogen and oxygen atoms in total. The van der Waals surface area contributed by atoms with Gasteiger partial charge in [0.1, 0.15) is 5.04 Å². The Hall–Kier alpha value is -0.440. The van der Waals surface area contributed by atoms with Gasteiger partial charge in [0.05, 0.1) is 5.25 Å². The van der Waals surface area contributed by atoms with Gasteiger partial charge in [0.25, 0.3) is 0 Å². The smallest absolute Gasteiger partial charge is 0.296 e. The molecule has 0 saturated carbocycles. The van der Waals surface area contributed by atoms with Crippen LogP contribution in [0.25, 0.3) is 0 Å². The van der Waals surface area contributed by atoms with E-state index in [9.17, 15) is 4.79 Å². The van der Waals surface area contributed by atoms with Crippen molar-refractivity contribution in [2.24, 2.45) is 5.16 Å². The molecule has 1 atom stereocenters. The van der Waals surface area contributed by atoms with Crippen molar-refractivity contribution in [3.05, 3.63) is 29.8 Å². The number of benzene rings is 1. The van der Waals surface area contributed by atoms with Gasteiger partial charge in [-0.05, 0) is 40.8 Å². The summed E-state index contributed by atoms with van der Waals surface area (Å²) in [7, 11) is 4.53. The Morgan fingerprint density at radius 2 is 2.00 bits per heavy atom. The van der Waals surface area contributed by atoms with Crippen molar-refractivity contribution in [1.82, 2.24) is 4.31 Å². The molecule has 2 rings (SSSR count).